The summed E-state index contributed by atoms with van der Waals surface area (Å²) in [7, 11) is 0. The molecule has 1 unspecified atom stereocenters. The molecule has 2 aromatic rings. The Labute approximate surface area is 115 Å². The van der Waals surface area contributed by atoms with Crippen molar-refractivity contribution >= 4 is 17.5 Å². The molecule has 0 saturated carbocycles. The molecule has 0 aliphatic heterocycles. The number of rotatable bonds is 3. The predicted molar refractivity (Wildman–Crippen MR) is 71.5 cm³/mol. The number of carbonyl (C=O) groups is 1. The summed E-state index contributed by atoms with van der Waals surface area (Å²) >= 11 is 5.65. The zero-order valence-electron chi connectivity index (χ0n) is 9.88. The quantitative estimate of drug-likeness (QED) is 0.873. The van der Waals surface area contributed by atoms with E-state index in [4.69, 9.17) is 16.9 Å². The number of aromatic nitrogens is 1. The number of pyridine rings is 1. The first-order valence-corrected chi connectivity index (χ1v) is 5.95. The smallest absolute Gasteiger partial charge is 0.254 e. The van der Waals surface area contributed by atoms with Crippen molar-refractivity contribution in [2.24, 2.45) is 0 Å². The first kappa shape index (κ1) is 13.1. The van der Waals surface area contributed by atoms with Crippen LogP contribution in [0.5, 0.6) is 0 Å². The Balaban J connectivity index is 2.13. The molecule has 0 aliphatic rings. The van der Waals surface area contributed by atoms with E-state index >= 15 is 0 Å². The van der Waals surface area contributed by atoms with Crippen LogP contribution in [0.4, 0.5) is 0 Å². The van der Waals surface area contributed by atoms with Crippen molar-refractivity contribution in [3.8, 4) is 6.07 Å². The van der Waals surface area contributed by atoms with Crippen LogP contribution in [0.25, 0.3) is 0 Å². The maximum atomic E-state index is 12.0. The summed E-state index contributed by atoms with van der Waals surface area (Å²) in [6.45, 7) is 0. The van der Waals surface area contributed by atoms with Gasteiger partial charge >= 0.3 is 0 Å². The van der Waals surface area contributed by atoms with Crippen LogP contribution in [0.3, 0.4) is 0 Å². The highest BCUT2D eigenvalue weighted by molar-refractivity contribution is 6.29. The third kappa shape index (κ3) is 3.30. The van der Waals surface area contributed by atoms with Gasteiger partial charge in [-0.15, -0.1) is 0 Å². The maximum absolute atomic E-state index is 12.0. The second kappa shape index (κ2) is 5.98. The number of hydrogen-bond acceptors (Lipinski definition) is 3. The molecule has 1 aromatic carbocycles. The van der Waals surface area contributed by atoms with E-state index in [1.165, 1.54) is 12.3 Å². The predicted octanol–water partition coefficient (Wildman–Crippen LogP) is 2.73. The number of nitrogens with one attached hydrogen (secondary N) is 1. The third-order valence-corrected chi connectivity index (χ3v) is 2.75. The van der Waals surface area contributed by atoms with Gasteiger partial charge in [-0.3, -0.25) is 4.79 Å². The Kier molecular flexibility index (Phi) is 4.11. The van der Waals surface area contributed by atoms with E-state index in [-0.39, 0.29) is 5.91 Å². The van der Waals surface area contributed by atoms with Gasteiger partial charge in [-0.25, -0.2) is 4.98 Å². The molecule has 5 heteroatoms. The Bertz CT molecular complexity index is 605. The van der Waals surface area contributed by atoms with Gasteiger partial charge in [0.2, 0.25) is 0 Å². The molecule has 1 amide bonds. The third-order valence-electron chi connectivity index (χ3n) is 2.53. The molecule has 1 aromatic heterocycles. The average Bonchev–Trinajstić information content (AvgIpc) is 2.46. The Hall–Kier alpha value is -2.38. The number of hydrogen-bond donors (Lipinski definition) is 1. The van der Waals surface area contributed by atoms with E-state index in [1.807, 2.05) is 18.2 Å². The van der Waals surface area contributed by atoms with Crippen molar-refractivity contribution in [2.75, 3.05) is 0 Å². The fourth-order valence-electron chi connectivity index (χ4n) is 1.56. The van der Waals surface area contributed by atoms with E-state index in [2.05, 4.69) is 16.4 Å². The molecule has 0 aliphatic carbocycles. The van der Waals surface area contributed by atoms with Crippen LogP contribution in [-0.4, -0.2) is 10.9 Å². The largest absolute Gasteiger partial charge is 0.332 e. The van der Waals surface area contributed by atoms with Crippen LogP contribution in [0.2, 0.25) is 5.15 Å². The molecule has 2 rings (SSSR count). The Morgan fingerprint density at radius 3 is 2.58 bits per heavy atom. The Morgan fingerprint density at radius 2 is 2.00 bits per heavy atom. The lowest BCUT2D eigenvalue weighted by molar-refractivity contribution is 0.0945. The van der Waals surface area contributed by atoms with Crippen LogP contribution in [0.15, 0.2) is 48.7 Å². The lowest BCUT2D eigenvalue weighted by Gasteiger charge is -2.11. The van der Waals surface area contributed by atoms with Gasteiger partial charge in [-0.2, -0.15) is 5.26 Å². The van der Waals surface area contributed by atoms with E-state index in [0.29, 0.717) is 10.7 Å². The van der Waals surface area contributed by atoms with Crippen LogP contribution < -0.4 is 5.32 Å². The summed E-state index contributed by atoms with van der Waals surface area (Å²) in [5.74, 6) is -0.362. The van der Waals surface area contributed by atoms with Crippen molar-refractivity contribution in [1.29, 1.82) is 5.26 Å². The lowest BCUT2D eigenvalue weighted by atomic mass is 10.1. The molecule has 0 bridgehead atoms. The highest BCUT2D eigenvalue weighted by Gasteiger charge is 2.14. The molecule has 19 heavy (non-hydrogen) atoms. The fourth-order valence-corrected chi connectivity index (χ4v) is 1.67. The van der Waals surface area contributed by atoms with E-state index in [9.17, 15) is 4.79 Å². The zero-order valence-corrected chi connectivity index (χ0v) is 10.6. The minimum absolute atomic E-state index is 0.316. The number of halogens is 1. The monoisotopic (exact) mass is 271 g/mol. The summed E-state index contributed by atoms with van der Waals surface area (Å²) in [6, 6.07) is 13.5. The number of amides is 1. The van der Waals surface area contributed by atoms with Gasteiger partial charge in [0, 0.05) is 6.20 Å². The highest BCUT2D eigenvalue weighted by Crippen LogP contribution is 2.12. The van der Waals surface area contributed by atoms with Gasteiger partial charge < -0.3 is 5.32 Å². The topological polar surface area (TPSA) is 65.8 Å². The fraction of sp³-hybridized carbons (Fsp3) is 0.0714. The Morgan fingerprint density at radius 1 is 1.26 bits per heavy atom. The van der Waals surface area contributed by atoms with Gasteiger partial charge in [-0.05, 0) is 17.7 Å². The van der Waals surface area contributed by atoms with Crippen molar-refractivity contribution in [2.45, 2.75) is 6.04 Å². The van der Waals surface area contributed by atoms with E-state index < -0.39 is 6.04 Å². The van der Waals surface area contributed by atoms with Gasteiger partial charge in [0.05, 0.1) is 11.6 Å². The second-order valence-corrected chi connectivity index (χ2v) is 4.20. The minimum Gasteiger partial charge on any atom is -0.332 e. The molecular weight excluding hydrogens is 262 g/mol. The van der Waals surface area contributed by atoms with Crippen molar-refractivity contribution in [1.82, 2.24) is 10.3 Å². The molecular formula is C14H10ClN3O. The standard InChI is InChI=1S/C14H10ClN3O/c15-13-7-6-11(9-17-13)14(19)18-12(8-16)10-4-2-1-3-5-10/h1-7,9,12H,(H,18,19). The minimum atomic E-state index is -0.690. The van der Waals surface area contributed by atoms with E-state index in [0.717, 1.165) is 5.56 Å². The van der Waals surface area contributed by atoms with Gasteiger partial charge in [-0.1, -0.05) is 41.9 Å². The molecule has 0 spiro atoms. The van der Waals surface area contributed by atoms with Crippen LogP contribution in [0.1, 0.15) is 22.0 Å². The first-order valence-electron chi connectivity index (χ1n) is 5.57. The molecule has 1 atom stereocenters. The molecule has 0 fully saturated rings. The van der Waals surface area contributed by atoms with E-state index in [1.54, 1.807) is 18.2 Å². The number of benzene rings is 1. The molecule has 94 valence electrons. The van der Waals surface area contributed by atoms with Gasteiger partial charge in [0.15, 0.2) is 0 Å². The van der Waals surface area contributed by atoms with Crippen molar-refractivity contribution < 1.29 is 4.79 Å². The summed E-state index contributed by atoms with van der Waals surface area (Å²) in [4.78, 5) is 15.8. The van der Waals surface area contributed by atoms with Crippen LogP contribution >= 0.6 is 11.6 Å². The van der Waals surface area contributed by atoms with Crippen LogP contribution in [0, 0.1) is 11.3 Å². The SMILES string of the molecule is N#CC(NC(=O)c1ccc(Cl)nc1)c1ccccc1. The molecule has 1 N–H and O–H groups in total. The average molecular weight is 272 g/mol. The summed E-state index contributed by atoms with van der Waals surface area (Å²) in [5.41, 5.74) is 1.10. The van der Waals surface area contributed by atoms with Crippen LogP contribution in [-0.2, 0) is 0 Å². The molecule has 4 nitrogen and oxygen atoms in total. The van der Waals surface area contributed by atoms with Gasteiger partial charge in [0.1, 0.15) is 11.2 Å². The van der Waals surface area contributed by atoms with Crippen molar-refractivity contribution in [3.05, 3.63) is 64.9 Å². The zero-order chi connectivity index (χ0) is 13.7. The highest BCUT2D eigenvalue weighted by atomic mass is 35.5. The first-order chi connectivity index (χ1) is 9.20. The number of carbonyl (C=O) groups excluding carboxylic acids is 1. The normalized spacial score (nSPS) is 11.4. The molecule has 0 radical (unpaired) electrons. The summed E-state index contributed by atoms with van der Waals surface area (Å²) in [5, 5.41) is 12.1. The lowest BCUT2D eigenvalue weighted by Crippen LogP contribution is -2.27. The molecule has 1 heterocycles. The van der Waals surface area contributed by atoms with Crippen molar-refractivity contribution in [3.63, 3.8) is 0 Å². The van der Waals surface area contributed by atoms with Gasteiger partial charge in [0.25, 0.3) is 5.91 Å². The maximum Gasteiger partial charge on any atom is 0.254 e. The summed E-state index contributed by atoms with van der Waals surface area (Å²) in [6.07, 6.45) is 1.37. The number of nitriles is 1. The second-order valence-electron chi connectivity index (χ2n) is 3.82. The molecule has 0 saturated heterocycles. The summed E-state index contributed by atoms with van der Waals surface area (Å²) < 4.78 is 0. The number of nitrogens with zero attached hydrogens (tertiary/aromatic N) is 2.